The van der Waals surface area contributed by atoms with Crippen LogP contribution in [0.2, 0.25) is 0 Å². The largest absolute Gasteiger partial charge is 0.380 e. The molecule has 0 saturated heterocycles. The van der Waals surface area contributed by atoms with Gasteiger partial charge in [0, 0.05) is 11.6 Å². The van der Waals surface area contributed by atoms with Crippen molar-refractivity contribution in [2.45, 2.75) is 6.61 Å². The topological polar surface area (TPSA) is 9.23 Å². The number of ether oxygens (including phenoxy) is 1. The van der Waals surface area contributed by atoms with Crippen molar-refractivity contribution in [2.24, 2.45) is 0 Å². The van der Waals surface area contributed by atoms with Crippen LogP contribution in [0.25, 0.3) is 10.8 Å². The maximum absolute atomic E-state index is 5.10. The van der Waals surface area contributed by atoms with Crippen LogP contribution in [-0.4, -0.2) is 7.11 Å². The minimum absolute atomic E-state index is 0.664. The molecule has 0 bridgehead atoms. The van der Waals surface area contributed by atoms with Gasteiger partial charge in [-0.1, -0.05) is 40.2 Å². The van der Waals surface area contributed by atoms with Crippen LogP contribution in [0, 0.1) is 0 Å². The van der Waals surface area contributed by atoms with Crippen molar-refractivity contribution in [3.63, 3.8) is 0 Å². The van der Waals surface area contributed by atoms with Crippen LogP contribution in [0.5, 0.6) is 0 Å². The van der Waals surface area contributed by atoms with E-state index in [2.05, 4.69) is 46.3 Å². The first-order valence-corrected chi connectivity index (χ1v) is 5.26. The Morgan fingerprint density at radius 1 is 1.21 bits per heavy atom. The van der Waals surface area contributed by atoms with E-state index in [4.69, 9.17) is 4.74 Å². The summed E-state index contributed by atoms with van der Waals surface area (Å²) in [4.78, 5) is 0. The van der Waals surface area contributed by atoms with E-state index in [0.717, 1.165) is 4.47 Å². The molecule has 2 rings (SSSR count). The van der Waals surface area contributed by atoms with E-state index in [9.17, 15) is 0 Å². The monoisotopic (exact) mass is 250 g/mol. The molecule has 2 aromatic rings. The van der Waals surface area contributed by atoms with Gasteiger partial charge in [-0.2, -0.15) is 0 Å². The Labute approximate surface area is 91.8 Å². The van der Waals surface area contributed by atoms with Crippen LogP contribution >= 0.6 is 15.9 Å². The molecule has 0 atom stereocenters. The van der Waals surface area contributed by atoms with Gasteiger partial charge in [-0.3, -0.25) is 0 Å². The molecule has 0 fully saturated rings. The molecule has 0 saturated carbocycles. The second-order valence-electron chi connectivity index (χ2n) is 3.23. The van der Waals surface area contributed by atoms with Gasteiger partial charge in [0.05, 0.1) is 6.61 Å². The van der Waals surface area contributed by atoms with Gasteiger partial charge < -0.3 is 4.74 Å². The lowest BCUT2D eigenvalue weighted by molar-refractivity contribution is 0.185. The number of hydrogen-bond acceptors (Lipinski definition) is 1. The van der Waals surface area contributed by atoms with Crippen molar-refractivity contribution in [3.8, 4) is 0 Å². The molecular weight excluding hydrogens is 240 g/mol. The highest BCUT2D eigenvalue weighted by molar-refractivity contribution is 9.10. The van der Waals surface area contributed by atoms with Gasteiger partial charge in [-0.25, -0.2) is 0 Å². The van der Waals surface area contributed by atoms with Gasteiger partial charge in [0.1, 0.15) is 0 Å². The van der Waals surface area contributed by atoms with Crippen molar-refractivity contribution in [1.29, 1.82) is 0 Å². The zero-order valence-corrected chi connectivity index (χ0v) is 9.54. The first kappa shape index (κ1) is 9.69. The molecule has 2 heteroatoms. The Bertz CT molecular complexity index is 451. The molecule has 0 aliphatic rings. The van der Waals surface area contributed by atoms with Gasteiger partial charge >= 0.3 is 0 Å². The summed E-state index contributed by atoms with van der Waals surface area (Å²) in [6.07, 6.45) is 0. The van der Waals surface area contributed by atoms with E-state index in [1.807, 2.05) is 6.07 Å². The van der Waals surface area contributed by atoms with E-state index in [1.54, 1.807) is 7.11 Å². The summed E-state index contributed by atoms with van der Waals surface area (Å²) in [7, 11) is 1.71. The Morgan fingerprint density at radius 2 is 2.07 bits per heavy atom. The zero-order chi connectivity index (χ0) is 9.97. The second kappa shape index (κ2) is 4.11. The maximum atomic E-state index is 5.10. The fourth-order valence-corrected chi connectivity index (χ4v) is 2.03. The van der Waals surface area contributed by atoms with Crippen molar-refractivity contribution in [3.05, 3.63) is 46.4 Å². The minimum Gasteiger partial charge on any atom is -0.380 e. The van der Waals surface area contributed by atoms with Gasteiger partial charge in [-0.15, -0.1) is 0 Å². The number of rotatable bonds is 2. The molecule has 0 aromatic heterocycles. The molecule has 0 N–H and O–H groups in total. The molecule has 1 nitrogen and oxygen atoms in total. The molecule has 0 unspecified atom stereocenters. The first-order valence-electron chi connectivity index (χ1n) is 4.47. The summed E-state index contributed by atoms with van der Waals surface area (Å²) >= 11 is 3.54. The van der Waals surface area contributed by atoms with E-state index >= 15 is 0 Å². The second-order valence-corrected chi connectivity index (χ2v) is 4.08. The molecule has 72 valence electrons. The number of halogens is 1. The third-order valence-electron chi connectivity index (χ3n) is 2.20. The average molecular weight is 251 g/mol. The molecule has 0 spiro atoms. The van der Waals surface area contributed by atoms with Gasteiger partial charge in [0.15, 0.2) is 0 Å². The van der Waals surface area contributed by atoms with E-state index in [-0.39, 0.29) is 0 Å². The highest BCUT2D eigenvalue weighted by Crippen LogP contribution is 2.24. The predicted molar refractivity (Wildman–Crippen MR) is 62.4 cm³/mol. The summed E-state index contributed by atoms with van der Waals surface area (Å²) in [5, 5.41) is 2.49. The maximum Gasteiger partial charge on any atom is 0.0713 e. The third-order valence-corrected chi connectivity index (χ3v) is 2.90. The van der Waals surface area contributed by atoms with E-state index < -0.39 is 0 Å². The Morgan fingerprint density at radius 3 is 2.86 bits per heavy atom. The first-order chi connectivity index (χ1) is 6.81. The lowest BCUT2D eigenvalue weighted by Gasteiger charge is -2.04. The quantitative estimate of drug-likeness (QED) is 0.789. The number of benzene rings is 2. The van der Waals surface area contributed by atoms with Gasteiger partial charge in [0.25, 0.3) is 0 Å². The van der Waals surface area contributed by atoms with E-state index in [0.29, 0.717) is 6.61 Å². The Balaban J connectivity index is 2.58. The summed E-state index contributed by atoms with van der Waals surface area (Å²) in [5.41, 5.74) is 1.20. The summed E-state index contributed by atoms with van der Waals surface area (Å²) in [6, 6.07) is 12.6. The minimum atomic E-state index is 0.664. The Kier molecular flexibility index (Phi) is 2.85. The highest BCUT2D eigenvalue weighted by atomic mass is 79.9. The number of fused-ring (bicyclic) bond motifs is 1. The normalized spacial score (nSPS) is 10.7. The van der Waals surface area contributed by atoms with Crippen molar-refractivity contribution < 1.29 is 4.74 Å². The molecule has 0 radical (unpaired) electrons. The fraction of sp³-hybridized carbons (Fsp3) is 0.167. The van der Waals surface area contributed by atoms with Gasteiger partial charge in [0.2, 0.25) is 0 Å². The summed E-state index contributed by atoms with van der Waals surface area (Å²) < 4.78 is 6.23. The predicted octanol–water partition coefficient (Wildman–Crippen LogP) is 3.75. The molecule has 0 heterocycles. The van der Waals surface area contributed by atoms with Crippen LogP contribution in [0.3, 0.4) is 0 Å². The van der Waals surface area contributed by atoms with Gasteiger partial charge in [-0.05, 0) is 28.5 Å². The van der Waals surface area contributed by atoms with Crippen LogP contribution in [-0.2, 0) is 11.3 Å². The van der Waals surface area contributed by atoms with Crippen molar-refractivity contribution >= 4 is 26.7 Å². The van der Waals surface area contributed by atoms with Crippen LogP contribution in [0.15, 0.2) is 40.9 Å². The van der Waals surface area contributed by atoms with Crippen LogP contribution in [0.4, 0.5) is 0 Å². The molecule has 2 aromatic carbocycles. The number of methoxy groups -OCH3 is 1. The lowest BCUT2D eigenvalue weighted by Crippen LogP contribution is -1.87. The smallest absolute Gasteiger partial charge is 0.0713 e. The third kappa shape index (κ3) is 1.81. The standard InChI is InChI=1S/C12H11BrO/c1-14-8-9-5-6-10-3-2-4-12(13)11(10)7-9/h2-7H,8H2,1H3. The molecular formula is C12H11BrO. The van der Waals surface area contributed by atoms with Crippen molar-refractivity contribution in [1.82, 2.24) is 0 Å². The SMILES string of the molecule is COCc1ccc2cccc(Br)c2c1. The highest BCUT2D eigenvalue weighted by Gasteiger charge is 1.99. The van der Waals surface area contributed by atoms with Crippen LogP contribution in [0.1, 0.15) is 5.56 Å². The zero-order valence-electron chi connectivity index (χ0n) is 7.96. The molecule has 14 heavy (non-hydrogen) atoms. The number of hydrogen-bond donors (Lipinski definition) is 0. The Hall–Kier alpha value is -0.860. The lowest BCUT2D eigenvalue weighted by atomic mass is 10.1. The molecule has 0 aliphatic heterocycles. The average Bonchev–Trinajstić information content (AvgIpc) is 2.20. The molecule has 0 aliphatic carbocycles. The van der Waals surface area contributed by atoms with Crippen molar-refractivity contribution in [2.75, 3.05) is 7.11 Å². The van der Waals surface area contributed by atoms with Crippen LogP contribution < -0.4 is 0 Å². The van der Waals surface area contributed by atoms with E-state index in [1.165, 1.54) is 16.3 Å². The fourth-order valence-electron chi connectivity index (χ4n) is 1.54. The summed E-state index contributed by atoms with van der Waals surface area (Å²) in [5.74, 6) is 0. The molecule has 0 amide bonds. The summed E-state index contributed by atoms with van der Waals surface area (Å²) in [6.45, 7) is 0.664.